The van der Waals surface area contributed by atoms with Crippen molar-refractivity contribution in [2.45, 2.75) is 6.54 Å². The number of alkyl carbamates (subject to hydrolysis) is 1. The molecule has 0 aliphatic heterocycles. The van der Waals surface area contributed by atoms with Gasteiger partial charge in [-0.3, -0.25) is 0 Å². The summed E-state index contributed by atoms with van der Waals surface area (Å²) in [6.07, 6.45) is -0.765. The predicted octanol–water partition coefficient (Wildman–Crippen LogP) is 4.42. The lowest BCUT2D eigenvalue weighted by Crippen LogP contribution is -2.26. The Kier molecular flexibility index (Phi) is 5.22. The molecule has 0 fully saturated rings. The summed E-state index contributed by atoms with van der Waals surface area (Å²) in [4.78, 5) is 24.0. The molecule has 1 N–H and O–H groups in total. The summed E-state index contributed by atoms with van der Waals surface area (Å²) >= 11 is 0. The molecule has 0 aliphatic carbocycles. The fourth-order valence-electron chi connectivity index (χ4n) is 2.41. The molecule has 3 aromatic rings. The van der Waals surface area contributed by atoms with E-state index < -0.39 is 12.1 Å². The number of esters is 1. The molecule has 0 unspecified atom stereocenters. The molecule has 0 bridgehead atoms. The average Bonchev–Trinajstić information content (AvgIpc) is 2.68. The highest BCUT2D eigenvalue weighted by Crippen LogP contribution is 2.20. The van der Waals surface area contributed by atoms with Gasteiger partial charge in [-0.05, 0) is 28.8 Å². The van der Waals surface area contributed by atoms with Crippen molar-refractivity contribution in [1.29, 1.82) is 0 Å². The van der Waals surface area contributed by atoms with E-state index in [9.17, 15) is 9.59 Å². The molecule has 4 nitrogen and oxygen atoms in total. The Morgan fingerprint density at radius 1 is 0.760 bits per heavy atom. The van der Waals surface area contributed by atoms with Gasteiger partial charge in [0.25, 0.3) is 0 Å². The van der Waals surface area contributed by atoms with Gasteiger partial charge in [0.05, 0.1) is 5.56 Å². The molecule has 4 heteroatoms. The second-order valence-electron chi connectivity index (χ2n) is 5.46. The van der Waals surface area contributed by atoms with Gasteiger partial charge in [0.1, 0.15) is 0 Å². The van der Waals surface area contributed by atoms with E-state index in [1.54, 1.807) is 18.2 Å². The van der Waals surface area contributed by atoms with Crippen LogP contribution in [0, 0.1) is 0 Å². The largest absolute Gasteiger partial charge is 0.415 e. The van der Waals surface area contributed by atoms with E-state index in [0.29, 0.717) is 12.1 Å². The molecule has 25 heavy (non-hydrogen) atoms. The standard InChI is InChI=1S/C21H17NO3/c23-20(25-21(24)22-15-16-8-3-1-4-9-16)19-13-7-12-18(14-19)17-10-5-2-6-11-17/h1-14H,15H2,(H,22,24). The van der Waals surface area contributed by atoms with Crippen molar-refractivity contribution in [3.63, 3.8) is 0 Å². The van der Waals surface area contributed by atoms with Gasteiger partial charge in [0.2, 0.25) is 0 Å². The number of hydrogen-bond acceptors (Lipinski definition) is 3. The van der Waals surface area contributed by atoms with Gasteiger partial charge in [-0.2, -0.15) is 0 Å². The summed E-state index contributed by atoms with van der Waals surface area (Å²) in [6.45, 7) is 0.303. The van der Waals surface area contributed by atoms with Crippen molar-refractivity contribution in [3.8, 4) is 11.1 Å². The van der Waals surface area contributed by atoms with Crippen molar-refractivity contribution in [3.05, 3.63) is 96.1 Å². The fourth-order valence-corrected chi connectivity index (χ4v) is 2.41. The van der Waals surface area contributed by atoms with E-state index >= 15 is 0 Å². The zero-order valence-electron chi connectivity index (χ0n) is 13.5. The Hall–Kier alpha value is -3.40. The van der Waals surface area contributed by atoms with Crippen LogP contribution in [0.2, 0.25) is 0 Å². The van der Waals surface area contributed by atoms with Gasteiger partial charge in [0, 0.05) is 6.54 Å². The van der Waals surface area contributed by atoms with E-state index in [4.69, 9.17) is 4.74 Å². The van der Waals surface area contributed by atoms with E-state index in [1.807, 2.05) is 66.7 Å². The molecule has 0 saturated carbocycles. The van der Waals surface area contributed by atoms with Crippen LogP contribution >= 0.6 is 0 Å². The third kappa shape index (κ3) is 4.54. The molecule has 3 rings (SSSR count). The van der Waals surface area contributed by atoms with Crippen LogP contribution in [0.15, 0.2) is 84.9 Å². The Morgan fingerprint density at radius 2 is 1.40 bits per heavy atom. The highest BCUT2D eigenvalue weighted by Gasteiger charge is 2.13. The summed E-state index contributed by atoms with van der Waals surface area (Å²) in [5.74, 6) is -0.677. The normalized spacial score (nSPS) is 10.1. The lowest BCUT2D eigenvalue weighted by atomic mass is 10.0. The smallest absolute Gasteiger partial charge is 0.373 e. The summed E-state index contributed by atoms with van der Waals surface area (Å²) in [5, 5.41) is 2.56. The molecule has 1 amide bonds. The van der Waals surface area contributed by atoms with Crippen molar-refractivity contribution in [1.82, 2.24) is 5.32 Å². The van der Waals surface area contributed by atoms with Gasteiger partial charge in [-0.1, -0.05) is 72.8 Å². The third-order valence-corrected chi connectivity index (χ3v) is 3.67. The average molecular weight is 331 g/mol. The number of rotatable bonds is 4. The number of carbonyl (C=O) groups excluding carboxylic acids is 2. The summed E-state index contributed by atoms with van der Waals surface area (Å²) < 4.78 is 4.86. The third-order valence-electron chi connectivity index (χ3n) is 3.67. The quantitative estimate of drug-likeness (QED) is 0.569. The first-order chi connectivity index (χ1) is 12.2. The number of hydrogen-bond donors (Lipinski definition) is 1. The SMILES string of the molecule is O=C(NCc1ccccc1)OC(=O)c1cccc(-c2ccccc2)c1. The lowest BCUT2D eigenvalue weighted by Gasteiger charge is -2.07. The van der Waals surface area contributed by atoms with E-state index in [0.717, 1.165) is 16.7 Å². The molecular formula is C21H17NO3. The van der Waals surface area contributed by atoms with Gasteiger partial charge >= 0.3 is 12.1 Å². The Morgan fingerprint density at radius 3 is 2.12 bits per heavy atom. The maximum absolute atomic E-state index is 12.2. The highest BCUT2D eigenvalue weighted by molar-refractivity contribution is 5.97. The first-order valence-corrected chi connectivity index (χ1v) is 7.92. The van der Waals surface area contributed by atoms with E-state index in [2.05, 4.69) is 5.32 Å². The van der Waals surface area contributed by atoms with Crippen molar-refractivity contribution in [2.75, 3.05) is 0 Å². The maximum Gasteiger partial charge on any atom is 0.415 e. The summed E-state index contributed by atoms with van der Waals surface area (Å²) in [6, 6.07) is 26.1. The van der Waals surface area contributed by atoms with Gasteiger partial charge < -0.3 is 10.1 Å². The zero-order chi connectivity index (χ0) is 17.5. The molecule has 0 atom stereocenters. The topological polar surface area (TPSA) is 55.4 Å². The van der Waals surface area contributed by atoms with Gasteiger partial charge in [-0.25, -0.2) is 9.59 Å². The molecule has 0 saturated heterocycles. The van der Waals surface area contributed by atoms with E-state index in [1.165, 1.54) is 0 Å². The van der Waals surface area contributed by atoms with Crippen LogP contribution in [-0.2, 0) is 11.3 Å². The minimum atomic E-state index is -0.765. The zero-order valence-corrected chi connectivity index (χ0v) is 13.5. The van der Waals surface area contributed by atoms with Crippen molar-refractivity contribution < 1.29 is 14.3 Å². The highest BCUT2D eigenvalue weighted by atomic mass is 16.6. The summed E-state index contributed by atoms with van der Waals surface area (Å²) in [7, 11) is 0. The number of carbonyl (C=O) groups is 2. The first-order valence-electron chi connectivity index (χ1n) is 7.92. The predicted molar refractivity (Wildman–Crippen MR) is 96.0 cm³/mol. The molecule has 0 spiro atoms. The molecule has 3 aromatic carbocycles. The van der Waals surface area contributed by atoms with Crippen LogP contribution in [0.5, 0.6) is 0 Å². The van der Waals surface area contributed by atoms with Crippen LogP contribution < -0.4 is 5.32 Å². The van der Waals surface area contributed by atoms with Crippen LogP contribution in [-0.4, -0.2) is 12.1 Å². The van der Waals surface area contributed by atoms with Crippen LogP contribution in [0.4, 0.5) is 4.79 Å². The Labute approximate surface area is 146 Å². The van der Waals surface area contributed by atoms with Crippen LogP contribution in [0.25, 0.3) is 11.1 Å². The molecule has 0 heterocycles. The minimum absolute atomic E-state index is 0.303. The molecule has 124 valence electrons. The van der Waals surface area contributed by atoms with Crippen LogP contribution in [0.1, 0.15) is 15.9 Å². The number of benzene rings is 3. The molecular weight excluding hydrogens is 314 g/mol. The van der Waals surface area contributed by atoms with Gasteiger partial charge in [0.15, 0.2) is 0 Å². The van der Waals surface area contributed by atoms with Crippen LogP contribution in [0.3, 0.4) is 0 Å². The second kappa shape index (κ2) is 7.93. The molecule has 0 aromatic heterocycles. The number of nitrogens with one attached hydrogen (secondary N) is 1. The number of ether oxygens (including phenoxy) is 1. The minimum Gasteiger partial charge on any atom is -0.373 e. The monoisotopic (exact) mass is 331 g/mol. The second-order valence-corrected chi connectivity index (χ2v) is 5.46. The molecule has 0 radical (unpaired) electrons. The first kappa shape index (κ1) is 16.5. The fraction of sp³-hybridized carbons (Fsp3) is 0.0476. The molecule has 0 aliphatic rings. The maximum atomic E-state index is 12.2. The van der Waals surface area contributed by atoms with Crippen molar-refractivity contribution >= 4 is 12.1 Å². The van der Waals surface area contributed by atoms with E-state index in [-0.39, 0.29) is 0 Å². The van der Waals surface area contributed by atoms with Crippen molar-refractivity contribution in [2.24, 2.45) is 0 Å². The Bertz CT molecular complexity index is 861. The summed E-state index contributed by atoms with van der Waals surface area (Å²) in [5.41, 5.74) is 3.14. The Balaban J connectivity index is 1.62. The lowest BCUT2D eigenvalue weighted by molar-refractivity contribution is 0.0621. The number of amides is 1. The van der Waals surface area contributed by atoms with Gasteiger partial charge in [-0.15, -0.1) is 0 Å².